The lowest BCUT2D eigenvalue weighted by atomic mass is 9.91. The van der Waals surface area contributed by atoms with Gasteiger partial charge in [0.15, 0.2) is 11.6 Å². The zero-order chi connectivity index (χ0) is 21.2. The van der Waals surface area contributed by atoms with E-state index in [0.717, 1.165) is 18.4 Å². The molecule has 11 heteroatoms. The van der Waals surface area contributed by atoms with Crippen LogP contribution in [0.25, 0.3) is 10.9 Å². The summed E-state index contributed by atoms with van der Waals surface area (Å²) in [7, 11) is -3.27. The molecule has 7 nitrogen and oxygen atoms in total. The van der Waals surface area contributed by atoms with Crippen molar-refractivity contribution in [2.24, 2.45) is 0 Å². The molecule has 0 radical (unpaired) electrons. The lowest BCUT2D eigenvalue weighted by molar-refractivity contribution is -0.0520. The van der Waals surface area contributed by atoms with Crippen LogP contribution >= 0.6 is 0 Å². The van der Waals surface area contributed by atoms with Gasteiger partial charge in [0.1, 0.15) is 0 Å². The lowest BCUT2D eigenvalue weighted by Gasteiger charge is -2.29. The number of halogens is 3. The number of nitrogens with zero attached hydrogens (tertiary/aromatic N) is 1. The van der Waals surface area contributed by atoms with Crippen LogP contribution in [0.1, 0.15) is 37.5 Å². The minimum absolute atomic E-state index is 0. The zero-order valence-electron chi connectivity index (χ0n) is 15.5. The second-order valence-corrected chi connectivity index (χ2v) is 8.77. The highest BCUT2D eigenvalue weighted by atomic mass is 32.2. The molecule has 0 atom stereocenters. The van der Waals surface area contributed by atoms with E-state index in [2.05, 4.69) is 19.8 Å². The number of fused-ring (bicyclic) bond motifs is 1. The van der Waals surface area contributed by atoms with Crippen molar-refractivity contribution in [2.45, 2.75) is 44.4 Å². The molecule has 0 spiro atoms. The number of amides is 1. The third-order valence-electron chi connectivity index (χ3n) is 4.66. The van der Waals surface area contributed by atoms with Gasteiger partial charge in [0.05, 0.1) is 17.3 Å². The molecule has 1 amide bonds. The average Bonchev–Trinajstić information content (AvgIpc) is 2.62. The van der Waals surface area contributed by atoms with Gasteiger partial charge in [-0.1, -0.05) is 0 Å². The van der Waals surface area contributed by atoms with E-state index in [9.17, 15) is 26.4 Å². The predicted octanol–water partition coefficient (Wildman–Crippen LogP) is 2.81. The van der Waals surface area contributed by atoms with Crippen LogP contribution < -0.4 is 14.8 Å². The number of rotatable bonds is 6. The lowest BCUT2D eigenvalue weighted by Crippen LogP contribution is -2.43. The van der Waals surface area contributed by atoms with E-state index in [1.807, 2.05) is 0 Å². The Kier molecular flexibility index (Phi) is 6.27. The fourth-order valence-corrected chi connectivity index (χ4v) is 4.21. The molecule has 3 rings (SSSR count). The van der Waals surface area contributed by atoms with Gasteiger partial charge in [-0.15, -0.1) is 0 Å². The minimum Gasteiger partial charge on any atom is -0.432 e. The number of alkyl halides is 2. The first-order valence-electron chi connectivity index (χ1n) is 8.93. The zero-order valence-corrected chi connectivity index (χ0v) is 16.3. The van der Waals surface area contributed by atoms with Gasteiger partial charge in [0.25, 0.3) is 5.91 Å². The molecule has 1 heterocycles. The molecule has 29 heavy (non-hydrogen) atoms. The number of nitrogens with one attached hydrogen (secondary N) is 2. The standard InChI is InChI=1S/C18H20F3N3O4S.H2/c1-29(26,27)24-13-4-2-12(3-5-13)23-17(25)11-6-10-7-14(19)16(28-18(20)21)8-15(10)22-9-11;/h6-9,12-13,18,24H,2-5H2,1H3,(H,23,25);1H. The first kappa shape index (κ1) is 21.3. The van der Waals surface area contributed by atoms with Crippen LogP contribution in [0, 0.1) is 5.82 Å². The highest BCUT2D eigenvalue weighted by Crippen LogP contribution is 2.26. The molecule has 0 aliphatic heterocycles. The summed E-state index contributed by atoms with van der Waals surface area (Å²) in [6.45, 7) is -3.16. The van der Waals surface area contributed by atoms with Gasteiger partial charge in [-0.2, -0.15) is 8.78 Å². The molecule has 1 fully saturated rings. The molecule has 1 aliphatic rings. The number of ether oxygens (including phenoxy) is 1. The summed E-state index contributed by atoms with van der Waals surface area (Å²) in [5.74, 6) is -1.99. The highest BCUT2D eigenvalue weighted by Gasteiger charge is 2.24. The summed E-state index contributed by atoms with van der Waals surface area (Å²) in [5.41, 5.74) is 0.418. The summed E-state index contributed by atoms with van der Waals surface area (Å²) in [5, 5.41) is 3.14. The average molecular weight is 433 g/mol. The maximum Gasteiger partial charge on any atom is 0.387 e. The van der Waals surface area contributed by atoms with Crippen molar-refractivity contribution in [3.8, 4) is 5.75 Å². The van der Waals surface area contributed by atoms with Crippen molar-refractivity contribution in [2.75, 3.05) is 6.26 Å². The van der Waals surface area contributed by atoms with Crippen LogP contribution in [0.4, 0.5) is 13.2 Å². The van der Waals surface area contributed by atoms with Crippen molar-refractivity contribution >= 4 is 26.8 Å². The van der Waals surface area contributed by atoms with Gasteiger partial charge in [-0.05, 0) is 37.8 Å². The number of benzene rings is 1. The van der Waals surface area contributed by atoms with E-state index in [1.54, 1.807) is 0 Å². The molecule has 0 unspecified atom stereocenters. The van der Waals surface area contributed by atoms with Crippen molar-refractivity contribution in [1.29, 1.82) is 0 Å². The van der Waals surface area contributed by atoms with Gasteiger partial charge in [-0.25, -0.2) is 17.5 Å². The number of carbonyl (C=O) groups excluding carboxylic acids is 1. The fraction of sp³-hybridized carbons (Fsp3) is 0.444. The fourth-order valence-electron chi connectivity index (χ4n) is 3.37. The first-order valence-corrected chi connectivity index (χ1v) is 10.8. The summed E-state index contributed by atoms with van der Waals surface area (Å²) in [6, 6.07) is 3.19. The molecular weight excluding hydrogens is 411 g/mol. The number of hydrogen-bond acceptors (Lipinski definition) is 5. The van der Waals surface area contributed by atoms with Crippen LogP contribution in [-0.4, -0.2) is 44.3 Å². The van der Waals surface area contributed by atoms with Gasteiger partial charge in [-0.3, -0.25) is 9.78 Å². The number of sulfonamides is 1. The van der Waals surface area contributed by atoms with Crippen LogP contribution in [0.2, 0.25) is 0 Å². The molecule has 2 N–H and O–H groups in total. The Morgan fingerprint density at radius 2 is 1.86 bits per heavy atom. The number of hydrogen-bond donors (Lipinski definition) is 2. The second kappa shape index (κ2) is 8.54. The molecule has 0 saturated heterocycles. The van der Waals surface area contributed by atoms with E-state index in [1.165, 1.54) is 12.3 Å². The Morgan fingerprint density at radius 3 is 2.48 bits per heavy atom. The van der Waals surface area contributed by atoms with E-state index in [-0.39, 0.29) is 30.0 Å². The molecule has 2 aromatic rings. The third-order valence-corrected chi connectivity index (χ3v) is 5.42. The molecule has 1 saturated carbocycles. The Balaban J connectivity index is 0.00000320. The molecule has 1 aliphatic carbocycles. The van der Waals surface area contributed by atoms with Crippen LogP contribution in [-0.2, 0) is 10.0 Å². The summed E-state index contributed by atoms with van der Waals surface area (Å²) in [6.07, 6.45) is 4.82. The van der Waals surface area contributed by atoms with Crippen molar-refractivity contribution in [3.05, 3.63) is 35.8 Å². The topological polar surface area (TPSA) is 97.4 Å². The third kappa shape index (κ3) is 5.80. The van der Waals surface area contributed by atoms with Crippen LogP contribution in [0.5, 0.6) is 5.75 Å². The Labute approximate surface area is 167 Å². The van der Waals surface area contributed by atoms with E-state index in [0.29, 0.717) is 25.7 Å². The van der Waals surface area contributed by atoms with Gasteiger partial charge in [0, 0.05) is 31.2 Å². The second-order valence-electron chi connectivity index (χ2n) is 6.99. The molecule has 0 bridgehead atoms. The molecule has 1 aromatic heterocycles. The largest absolute Gasteiger partial charge is 0.432 e. The summed E-state index contributed by atoms with van der Waals surface area (Å²) >= 11 is 0. The smallest absolute Gasteiger partial charge is 0.387 e. The molecule has 160 valence electrons. The van der Waals surface area contributed by atoms with Gasteiger partial charge >= 0.3 is 6.61 Å². The monoisotopic (exact) mass is 433 g/mol. The molecular formula is C18H22F3N3O4S. The normalized spacial score (nSPS) is 20.0. The van der Waals surface area contributed by atoms with E-state index >= 15 is 0 Å². The van der Waals surface area contributed by atoms with Gasteiger partial charge in [0.2, 0.25) is 10.0 Å². The Morgan fingerprint density at radius 1 is 1.21 bits per heavy atom. The minimum atomic E-state index is -3.27. The number of carbonyl (C=O) groups is 1. The van der Waals surface area contributed by atoms with Crippen LogP contribution in [0.3, 0.4) is 0 Å². The molecule has 1 aromatic carbocycles. The SMILES string of the molecule is CS(=O)(=O)NC1CCC(NC(=O)c2cnc3cc(OC(F)F)c(F)cc3c2)CC1.[HH]. The summed E-state index contributed by atoms with van der Waals surface area (Å²) < 4.78 is 67.7. The number of aromatic nitrogens is 1. The first-order chi connectivity index (χ1) is 13.6. The van der Waals surface area contributed by atoms with E-state index in [4.69, 9.17) is 0 Å². The summed E-state index contributed by atoms with van der Waals surface area (Å²) in [4.78, 5) is 16.5. The number of pyridine rings is 1. The van der Waals surface area contributed by atoms with Gasteiger partial charge < -0.3 is 10.1 Å². The maximum absolute atomic E-state index is 13.9. The Hall–Kier alpha value is -2.40. The van der Waals surface area contributed by atoms with Crippen molar-refractivity contribution in [1.82, 2.24) is 15.0 Å². The predicted molar refractivity (Wildman–Crippen MR) is 102 cm³/mol. The Bertz CT molecular complexity index is 1020. The van der Waals surface area contributed by atoms with Crippen molar-refractivity contribution < 1.29 is 32.5 Å². The highest BCUT2D eigenvalue weighted by molar-refractivity contribution is 7.88. The van der Waals surface area contributed by atoms with E-state index < -0.39 is 34.1 Å². The van der Waals surface area contributed by atoms with Crippen molar-refractivity contribution in [3.63, 3.8) is 0 Å². The quantitative estimate of drug-likeness (QED) is 0.730. The van der Waals surface area contributed by atoms with Crippen LogP contribution in [0.15, 0.2) is 24.4 Å². The maximum atomic E-state index is 13.9.